The zero-order chi connectivity index (χ0) is 14.0. The monoisotopic (exact) mass is 256 g/mol. The normalized spacial score (nSPS) is 9.67. The van der Waals surface area contributed by atoms with E-state index in [1.807, 2.05) is 6.92 Å². The molecule has 0 atom stereocenters. The summed E-state index contributed by atoms with van der Waals surface area (Å²) in [5.41, 5.74) is 0.423. The first-order valence-electron chi connectivity index (χ1n) is 5.97. The molecule has 0 bridgehead atoms. The standard InChI is InChI=1S/C13H20O5/c1-4-5-6-10(2)13(16)18-8-7-17-12(15)9-11(3)14/h2,4-9H2,1,3H3. The van der Waals surface area contributed by atoms with Crippen molar-refractivity contribution < 1.29 is 23.9 Å². The van der Waals surface area contributed by atoms with Crippen molar-refractivity contribution in [2.75, 3.05) is 13.2 Å². The van der Waals surface area contributed by atoms with E-state index in [4.69, 9.17) is 9.47 Å². The summed E-state index contributed by atoms with van der Waals surface area (Å²) in [5.74, 6) is -1.33. The van der Waals surface area contributed by atoms with Crippen LogP contribution < -0.4 is 0 Å². The van der Waals surface area contributed by atoms with Crippen molar-refractivity contribution in [3.63, 3.8) is 0 Å². The molecule has 0 rings (SSSR count). The van der Waals surface area contributed by atoms with Crippen molar-refractivity contribution in [3.8, 4) is 0 Å². The van der Waals surface area contributed by atoms with Gasteiger partial charge < -0.3 is 9.47 Å². The molecule has 18 heavy (non-hydrogen) atoms. The maximum Gasteiger partial charge on any atom is 0.333 e. The fourth-order valence-electron chi connectivity index (χ4n) is 1.14. The van der Waals surface area contributed by atoms with E-state index in [0.717, 1.165) is 12.8 Å². The predicted molar refractivity (Wildman–Crippen MR) is 65.9 cm³/mol. The SMILES string of the molecule is C=C(CCCC)C(=O)OCCOC(=O)CC(C)=O. The first-order chi connectivity index (χ1) is 8.47. The van der Waals surface area contributed by atoms with Crippen LogP contribution in [0.5, 0.6) is 0 Å². The maximum absolute atomic E-state index is 11.4. The Kier molecular flexibility index (Phi) is 8.53. The lowest BCUT2D eigenvalue weighted by Gasteiger charge is -2.07. The van der Waals surface area contributed by atoms with Gasteiger partial charge in [0.15, 0.2) is 0 Å². The summed E-state index contributed by atoms with van der Waals surface area (Å²) in [4.78, 5) is 32.9. The summed E-state index contributed by atoms with van der Waals surface area (Å²) in [6.07, 6.45) is 2.23. The van der Waals surface area contributed by atoms with Crippen LogP contribution in [0.4, 0.5) is 0 Å². The van der Waals surface area contributed by atoms with Gasteiger partial charge in [-0.15, -0.1) is 0 Å². The Hall–Kier alpha value is -1.65. The summed E-state index contributed by atoms with van der Waals surface area (Å²) < 4.78 is 9.55. The molecular formula is C13H20O5. The smallest absolute Gasteiger partial charge is 0.333 e. The number of ether oxygens (including phenoxy) is 2. The highest BCUT2D eigenvalue weighted by molar-refractivity contribution is 5.94. The van der Waals surface area contributed by atoms with Gasteiger partial charge in [0, 0.05) is 5.57 Å². The highest BCUT2D eigenvalue weighted by Crippen LogP contribution is 2.06. The van der Waals surface area contributed by atoms with Crippen LogP contribution >= 0.6 is 0 Å². The van der Waals surface area contributed by atoms with E-state index in [2.05, 4.69) is 6.58 Å². The molecule has 0 saturated heterocycles. The summed E-state index contributed by atoms with van der Waals surface area (Å²) in [6.45, 7) is 6.88. The molecule has 0 heterocycles. The van der Waals surface area contributed by atoms with E-state index in [0.29, 0.717) is 12.0 Å². The van der Waals surface area contributed by atoms with E-state index >= 15 is 0 Å². The third kappa shape index (κ3) is 8.50. The van der Waals surface area contributed by atoms with Gasteiger partial charge in [-0.2, -0.15) is 0 Å². The molecule has 0 unspecified atom stereocenters. The Morgan fingerprint density at radius 1 is 1.11 bits per heavy atom. The van der Waals surface area contributed by atoms with E-state index < -0.39 is 11.9 Å². The van der Waals surface area contributed by atoms with E-state index in [1.165, 1.54) is 6.92 Å². The van der Waals surface area contributed by atoms with Crippen molar-refractivity contribution in [1.29, 1.82) is 0 Å². The van der Waals surface area contributed by atoms with Crippen LogP contribution in [0.1, 0.15) is 39.5 Å². The van der Waals surface area contributed by atoms with Crippen molar-refractivity contribution in [2.45, 2.75) is 39.5 Å². The van der Waals surface area contributed by atoms with Crippen LogP contribution in [0.3, 0.4) is 0 Å². The number of esters is 2. The van der Waals surface area contributed by atoms with Crippen LogP contribution in [-0.2, 0) is 23.9 Å². The van der Waals surface area contributed by atoms with Gasteiger partial charge in [0.05, 0.1) is 0 Å². The van der Waals surface area contributed by atoms with Gasteiger partial charge in [0.2, 0.25) is 0 Å². The molecule has 5 heteroatoms. The summed E-state index contributed by atoms with van der Waals surface area (Å²) in [6, 6.07) is 0. The Morgan fingerprint density at radius 3 is 2.28 bits per heavy atom. The third-order valence-corrected chi connectivity index (χ3v) is 2.09. The van der Waals surface area contributed by atoms with Crippen LogP contribution in [0.2, 0.25) is 0 Å². The van der Waals surface area contributed by atoms with Gasteiger partial charge in [0.25, 0.3) is 0 Å². The molecule has 0 aliphatic heterocycles. The Morgan fingerprint density at radius 2 is 1.72 bits per heavy atom. The van der Waals surface area contributed by atoms with Gasteiger partial charge in [-0.1, -0.05) is 19.9 Å². The van der Waals surface area contributed by atoms with Crippen molar-refractivity contribution in [1.82, 2.24) is 0 Å². The molecule has 0 saturated carbocycles. The minimum Gasteiger partial charge on any atom is -0.462 e. The molecule has 0 aliphatic carbocycles. The molecule has 0 aromatic carbocycles. The molecular weight excluding hydrogens is 236 g/mol. The molecule has 5 nitrogen and oxygen atoms in total. The van der Waals surface area contributed by atoms with Crippen LogP contribution in [0.25, 0.3) is 0 Å². The summed E-state index contributed by atoms with van der Waals surface area (Å²) >= 11 is 0. The van der Waals surface area contributed by atoms with Crippen LogP contribution in [0.15, 0.2) is 12.2 Å². The lowest BCUT2D eigenvalue weighted by atomic mass is 10.1. The Labute approximate surface area is 107 Å². The topological polar surface area (TPSA) is 69.7 Å². The Bertz CT molecular complexity index is 319. The first-order valence-corrected chi connectivity index (χ1v) is 5.97. The highest BCUT2D eigenvalue weighted by Gasteiger charge is 2.09. The zero-order valence-electron chi connectivity index (χ0n) is 11.0. The maximum atomic E-state index is 11.4. The second kappa shape index (κ2) is 9.39. The number of carbonyl (C=O) groups is 3. The van der Waals surface area contributed by atoms with Crippen LogP contribution in [0, 0.1) is 0 Å². The van der Waals surface area contributed by atoms with E-state index in [9.17, 15) is 14.4 Å². The molecule has 0 spiro atoms. The minimum atomic E-state index is -0.608. The highest BCUT2D eigenvalue weighted by atomic mass is 16.6. The third-order valence-electron chi connectivity index (χ3n) is 2.09. The lowest BCUT2D eigenvalue weighted by Crippen LogP contribution is -2.16. The second-order valence-electron chi connectivity index (χ2n) is 3.94. The summed E-state index contributed by atoms with van der Waals surface area (Å²) in [5, 5.41) is 0. The van der Waals surface area contributed by atoms with Gasteiger partial charge in [-0.25, -0.2) is 4.79 Å². The average molecular weight is 256 g/mol. The van der Waals surface area contributed by atoms with Crippen molar-refractivity contribution in [3.05, 3.63) is 12.2 Å². The number of hydrogen-bond donors (Lipinski definition) is 0. The fraction of sp³-hybridized carbons (Fsp3) is 0.615. The van der Waals surface area contributed by atoms with E-state index in [-0.39, 0.29) is 25.4 Å². The molecule has 0 radical (unpaired) electrons. The molecule has 0 fully saturated rings. The first kappa shape index (κ1) is 16.4. The van der Waals surface area contributed by atoms with Gasteiger partial charge in [-0.05, 0) is 19.8 Å². The number of unbranched alkanes of at least 4 members (excludes halogenated alkanes) is 1. The lowest BCUT2D eigenvalue weighted by molar-refractivity contribution is -0.151. The predicted octanol–water partition coefficient (Wildman–Crippen LogP) is 1.80. The Balaban J connectivity index is 3.65. The van der Waals surface area contributed by atoms with Crippen molar-refractivity contribution in [2.24, 2.45) is 0 Å². The molecule has 0 aromatic rings. The molecule has 0 aromatic heterocycles. The largest absolute Gasteiger partial charge is 0.462 e. The number of carbonyl (C=O) groups excluding carboxylic acids is 3. The zero-order valence-corrected chi connectivity index (χ0v) is 11.0. The number of ketones is 1. The molecule has 0 amide bonds. The van der Waals surface area contributed by atoms with Crippen LogP contribution in [-0.4, -0.2) is 30.9 Å². The van der Waals surface area contributed by atoms with Gasteiger partial charge in [-0.3, -0.25) is 9.59 Å². The molecule has 102 valence electrons. The minimum absolute atomic E-state index is 0.0202. The fourth-order valence-corrected chi connectivity index (χ4v) is 1.14. The average Bonchev–Trinajstić information content (AvgIpc) is 2.30. The quantitative estimate of drug-likeness (QED) is 0.272. The van der Waals surface area contributed by atoms with Crippen molar-refractivity contribution >= 4 is 17.7 Å². The summed E-state index contributed by atoms with van der Waals surface area (Å²) in [7, 11) is 0. The number of hydrogen-bond acceptors (Lipinski definition) is 5. The second-order valence-corrected chi connectivity index (χ2v) is 3.94. The molecule has 0 aliphatic rings. The molecule has 0 N–H and O–H groups in total. The number of rotatable bonds is 9. The number of Topliss-reactive ketones (excluding diaryl/α,β-unsaturated/α-hetero) is 1. The van der Waals surface area contributed by atoms with Gasteiger partial charge >= 0.3 is 11.9 Å². The van der Waals surface area contributed by atoms with Gasteiger partial charge in [0.1, 0.15) is 25.4 Å². The van der Waals surface area contributed by atoms with E-state index in [1.54, 1.807) is 0 Å².